The van der Waals surface area contributed by atoms with E-state index in [1.165, 1.54) is 0 Å². The summed E-state index contributed by atoms with van der Waals surface area (Å²) in [5.74, 6) is 0.178. The standard InChI is InChI=1S/C13H12BrClN4O/c1-7-3-4-10(11(15)18-7)19-13(20)9-5-8(14)6-17-12(9)16-2/h3-6H,1-2H3,(H,16,17)(H,19,20). The Hall–Kier alpha value is -1.66. The minimum atomic E-state index is -0.310. The van der Waals surface area contributed by atoms with Crippen LogP contribution in [0.3, 0.4) is 0 Å². The largest absolute Gasteiger partial charge is 0.372 e. The van der Waals surface area contributed by atoms with Gasteiger partial charge in [0, 0.05) is 23.4 Å². The second kappa shape index (κ2) is 6.19. The monoisotopic (exact) mass is 354 g/mol. The van der Waals surface area contributed by atoms with Crippen LogP contribution in [0.15, 0.2) is 28.9 Å². The summed E-state index contributed by atoms with van der Waals surface area (Å²) in [6, 6.07) is 5.18. The number of aromatic nitrogens is 2. The molecule has 2 N–H and O–H groups in total. The van der Waals surface area contributed by atoms with Gasteiger partial charge in [-0.25, -0.2) is 9.97 Å². The van der Waals surface area contributed by atoms with Crippen molar-refractivity contribution in [3.05, 3.63) is 45.3 Å². The smallest absolute Gasteiger partial charge is 0.259 e. The molecule has 0 aromatic carbocycles. The number of halogens is 2. The van der Waals surface area contributed by atoms with Gasteiger partial charge in [0.15, 0.2) is 5.15 Å². The number of rotatable bonds is 3. The van der Waals surface area contributed by atoms with Crippen LogP contribution in [-0.2, 0) is 0 Å². The maximum Gasteiger partial charge on any atom is 0.259 e. The lowest BCUT2D eigenvalue weighted by molar-refractivity contribution is 0.102. The zero-order valence-corrected chi connectivity index (χ0v) is 13.2. The predicted octanol–water partition coefficient (Wildman–Crippen LogP) is 3.49. The van der Waals surface area contributed by atoms with Crippen molar-refractivity contribution in [2.24, 2.45) is 0 Å². The molecule has 20 heavy (non-hydrogen) atoms. The molecular weight excluding hydrogens is 344 g/mol. The summed E-state index contributed by atoms with van der Waals surface area (Å²) in [7, 11) is 1.70. The van der Waals surface area contributed by atoms with Crippen LogP contribution in [0, 0.1) is 6.92 Å². The van der Waals surface area contributed by atoms with Crippen molar-refractivity contribution in [2.45, 2.75) is 6.92 Å². The van der Waals surface area contributed by atoms with E-state index in [4.69, 9.17) is 11.6 Å². The molecule has 0 saturated carbocycles. The zero-order valence-electron chi connectivity index (χ0n) is 10.9. The summed E-state index contributed by atoms with van der Waals surface area (Å²) in [5.41, 5.74) is 1.66. The van der Waals surface area contributed by atoms with Crippen LogP contribution < -0.4 is 10.6 Å². The van der Waals surface area contributed by atoms with E-state index in [0.717, 1.165) is 10.2 Å². The quantitative estimate of drug-likeness (QED) is 0.827. The van der Waals surface area contributed by atoms with Gasteiger partial charge < -0.3 is 10.6 Å². The van der Waals surface area contributed by atoms with Crippen LogP contribution in [0.1, 0.15) is 16.1 Å². The molecule has 1 amide bonds. The van der Waals surface area contributed by atoms with E-state index in [1.54, 1.807) is 31.4 Å². The Kier molecular flexibility index (Phi) is 4.57. The lowest BCUT2D eigenvalue weighted by Crippen LogP contribution is -2.15. The summed E-state index contributed by atoms with van der Waals surface area (Å²) in [6.07, 6.45) is 1.61. The van der Waals surface area contributed by atoms with Gasteiger partial charge in [-0.1, -0.05) is 11.6 Å². The molecule has 0 bridgehead atoms. The number of amides is 1. The first-order valence-corrected chi connectivity index (χ1v) is 6.96. The van der Waals surface area contributed by atoms with Gasteiger partial charge in [0.1, 0.15) is 5.82 Å². The summed E-state index contributed by atoms with van der Waals surface area (Å²) in [6.45, 7) is 1.83. The van der Waals surface area contributed by atoms with Crippen molar-refractivity contribution in [2.75, 3.05) is 17.7 Å². The van der Waals surface area contributed by atoms with E-state index >= 15 is 0 Å². The fraction of sp³-hybridized carbons (Fsp3) is 0.154. The molecule has 0 aliphatic heterocycles. The van der Waals surface area contributed by atoms with Crippen molar-refractivity contribution < 1.29 is 4.79 Å². The normalized spacial score (nSPS) is 10.2. The third kappa shape index (κ3) is 3.26. The highest BCUT2D eigenvalue weighted by Gasteiger charge is 2.14. The number of hydrogen-bond acceptors (Lipinski definition) is 4. The molecule has 0 spiro atoms. The summed E-state index contributed by atoms with van der Waals surface area (Å²) in [4.78, 5) is 20.5. The Balaban J connectivity index is 2.30. The zero-order chi connectivity index (χ0) is 14.7. The molecular formula is C13H12BrClN4O. The van der Waals surface area contributed by atoms with Gasteiger partial charge in [0.2, 0.25) is 0 Å². The lowest BCUT2D eigenvalue weighted by Gasteiger charge is -2.10. The van der Waals surface area contributed by atoms with Crippen LogP contribution in [0.25, 0.3) is 0 Å². The van der Waals surface area contributed by atoms with Gasteiger partial charge in [-0.3, -0.25) is 4.79 Å². The highest BCUT2D eigenvalue weighted by atomic mass is 79.9. The molecule has 2 heterocycles. The van der Waals surface area contributed by atoms with Crippen molar-refractivity contribution in [1.82, 2.24) is 9.97 Å². The van der Waals surface area contributed by atoms with Gasteiger partial charge >= 0.3 is 0 Å². The van der Waals surface area contributed by atoms with Gasteiger partial charge in [-0.15, -0.1) is 0 Å². The first kappa shape index (κ1) is 14.7. The molecule has 0 atom stereocenters. The minimum absolute atomic E-state index is 0.257. The molecule has 2 aromatic rings. The van der Waals surface area contributed by atoms with Gasteiger partial charge in [-0.05, 0) is 41.1 Å². The van der Waals surface area contributed by atoms with Crippen LogP contribution in [0.4, 0.5) is 11.5 Å². The van der Waals surface area contributed by atoms with Crippen LogP contribution in [0.2, 0.25) is 5.15 Å². The molecule has 0 saturated heterocycles. The van der Waals surface area contributed by atoms with E-state index in [2.05, 4.69) is 36.5 Å². The summed E-state index contributed by atoms with van der Waals surface area (Å²) in [5, 5.41) is 5.85. The van der Waals surface area contributed by atoms with Crippen molar-refractivity contribution in [3.63, 3.8) is 0 Å². The molecule has 104 valence electrons. The average Bonchev–Trinajstić information content (AvgIpc) is 2.41. The molecule has 5 nitrogen and oxygen atoms in total. The number of anilines is 2. The van der Waals surface area contributed by atoms with Crippen molar-refractivity contribution >= 4 is 44.9 Å². The van der Waals surface area contributed by atoms with Crippen LogP contribution in [-0.4, -0.2) is 22.9 Å². The predicted molar refractivity (Wildman–Crippen MR) is 83.4 cm³/mol. The lowest BCUT2D eigenvalue weighted by atomic mass is 10.2. The SMILES string of the molecule is CNc1ncc(Br)cc1C(=O)Nc1ccc(C)nc1Cl. The number of nitrogens with zero attached hydrogens (tertiary/aromatic N) is 2. The number of nitrogens with one attached hydrogen (secondary N) is 2. The molecule has 0 unspecified atom stereocenters. The maximum atomic E-state index is 12.3. The van der Waals surface area contributed by atoms with E-state index < -0.39 is 0 Å². The van der Waals surface area contributed by atoms with Gasteiger partial charge in [0.05, 0.1) is 11.3 Å². The molecule has 0 fully saturated rings. The first-order chi connectivity index (χ1) is 9.51. The van der Waals surface area contributed by atoms with E-state index in [1.807, 2.05) is 6.92 Å². The number of pyridine rings is 2. The van der Waals surface area contributed by atoms with E-state index in [-0.39, 0.29) is 11.1 Å². The third-order valence-electron chi connectivity index (χ3n) is 2.57. The maximum absolute atomic E-state index is 12.3. The van der Waals surface area contributed by atoms with Gasteiger partial charge in [-0.2, -0.15) is 0 Å². The molecule has 0 radical (unpaired) electrons. The van der Waals surface area contributed by atoms with Gasteiger partial charge in [0.25, 0.3) is 5.91 Å². The molecule has 7 heteroatoms. The fourth-order valence-electron chi connectivity index (χ4n) is 1.62. The average molecular weight is 356 g/mol. The number of hydrogen-bond donors (Lipinski definition) is 2. The van der Waals surface area contributed by atoms with Crippen LogP contribution >= 0.6 is 27.5 Å². The van der Waals surface area contributed by atoms with E-state index in [0.29, 0.717) is 17.1 Å². The third-order valence-corrected chi connectivity index (χ3v) is 3.29. The Morgan fingerprint density at radius 2 is 2.15 bits per heavy atom. The van der Waals surface area contributed by atoms with Crippen LogP contribution in [0.5, 0.6) is 0 Å². The highest BCUT2D eigenvalue weighted by molar-refractivity contribution is 9.10. The Morgan fingerprint density at radius 1 is 1.40 bits per heavy atom. The number of aryl methyl sites for hydroxylation is 1. The Bertz CT molecular complexity index is 663. The summed E-state index contributed by atoms with van der Waals surface area (Å²) >= 11 is 9.29. The van der Waals surface area contributed by atoms with E-state index in [9.17, 15) is 4.79 Å². The molecule has 2 rings (SSSR count). The number of carbonyl (C=O) groups excluding carboxylic acids is 1. The topological polar surface area (TPSA) is 66.9 Å². The second-order valence-electron chi connectivity index (χ2n) is 4.04. The minimum Gasteiger partial charge on any atom is -0.372 e. The Labute approximate surface area is 129 Å². The van der Waals surface area contributed by atoms with Crippen molar-refractivity contribution in [3.8, 4) is 0 Å². The Morgan fingerprint density at radius 3 is 2.80 bits per heavy atom. The first-order valence-electron chi connectivity index (χ1n) is 5.79. The highest BCUT2D eigenvalue weighted by Crippen LogP contribution is 2.23. The summed E-state index contributed by atoms with van der Waals surface area (Å²) < 4.78 is 0.717. The molecule has 2 aromatic heterocycles. The fourth-order valence-corrected chi connectivity index (χ4v) is 2.19. The molecule has 0 aliphatic rings. The van der Waals surface area contributed by atoms with Crippen molar-refractivity contribution in [1.29, 1.82) is 0 Å². The number of carbonyl (C=O) groups is 1. The second-order valence-corrected chi connectivity index (χ2v) is 5.32. The molecule has 0 aliphatic carbocycles.